The molecule has 1 aromatic rings. The highest BCUT2D eigenvalue weighted by Gasteiger charge is 2.28. The fourth-order valence-corrected chi connectivity index (χ4v) is 2.66. The lowest BCUT2D eigenvalue weighted by atomic mass is 10.1. The van der Waals surface area contributed by atoms with Gasteiger partial charge >= 0.3 is 0 Å². The van der Waals surface area contributed by atoms with Gasteiger partial charge in [0.25, 0.3) is 0 Å². The van der Waals surface area contributed by atoms with Crippen LogP contribution in [0.5, 0.6) is 0 Å². The molecule has 1 atom stereocenters. The van der Waals surface area contributed by atoms with Crippen molar-refractivity contribution in [2.75, 3.05) is 5.75 Å². The minimum Gasteiger partial charge on any atom is -0.353 e. The van der Waals surface area contributed by atoms with E-state index in [4.69, 9.17) is 0 Å². The molecule has 19 heavy (non-hydrogen) atoms. The molecular weight excluding hydrogens is 260 g/mol. The highest BCUT2D eigenvalue weighted by Crippen LogP contribution is 2.38. The summed E-state index contributed by atoms with van der Waals surface area (Å²) in [7, 11) is 0. The largest absolute Gasteiger partial charge is 0.353 e. The third kappa shape index (κ3) is 3.72. The zero-order valence-corrected chi connectivity index (χ0v) is 12.8. The van der Waals surface area contributed by atoms with Crippen molar-refractivity contribution in [2.45, 2.75) is 57.8 Å². The summed E-state index contributed by atoms with van der Waals surface area (Å²) in [4.78, 5) is 11.8. The normalized spacial score (nSPS) is 16.7. The lowest BCUT2D eigenvalue weighted by Gasteiger charge is -2.17. The summed E-state index contributed by atoms with van der Waals surface area (Å²) in [6.07, 6.45) is 2.39. The van der Waals surface area contributed by atoms with Crippen molar-refractivity contribution < 1.29 is 4.79 Å². The fraction of sp³-hybridized carbons (Fsp3) is 0.769. The Hall–Kier alpha value is -1.04. The molecule has 1 saturated carbocycles. The summed E-state index contributed by atoms with van der Waals surface area (Å²) < 4.78 is 2.16. The molecular formula is C13H22N4OS. The van der Waals surface area contributed by atoms with Crippen LogP contribution in [0.2, 0.25) is 0 Å². The second-order valence-electron chi connectivity index (χ2n) is 5.52. The summed E-state index contributed by atoms with van der Waals surface area (Å²) in [5.41, 5.74) is 0. The smallest absolute Gasteiger partial charge is 0.230 e. The molecule has 106 valence electrons. The first-order valence-corrected chi connectivity index (χ1v) is 7.81. The van der Waals surface area contributed by atoms with Crippen LogP contribution < -0.4 is 5.32 Å². The second-order valence-corrected chi connectivity index (χ2v) is 6.46. The number of hydrogen-bond acceptors (Lipinski definition) is 4. The maximum Gasteiger partial charge on any atom is 0.230 e. The van der Waals surface area contributed by atoms with Crippen molar-refractivity contribution in [1.82, 2.24) is 20.1 Å². The van der Waals surface area contributed by atoms with Gasteiger partial charge in [-0.25, -0.2) is 0 Å². The van der Waals surface area contributed by atoms with Gasteiger partial charge in [0.1, 0.15) is 5.82 Å². The number of carbonyl (C=O) groups excluding carboxylic acids is 1. The SMILES string of the molecule is Cc1nnc(SCC(=O)NC(C)C(C)C)n1C1CC1. The molecule has 2 rings (SSSR count). The third-order valence-electron chi connectivity index (χ3n) is 3.47. The number of carbonyl (C=O) groups is 1. The number of amides is 1. The molecule has 0 aliphatic heterocycles. The van der Waals surface area contributed by atoms with Gasteiger partial charge in [-0.15, -0.1) is 10.2 Å². The lowest BCUT2D eigenvalue weighted by molar-refractivity contribution is -0.119. The van der Waals surface area contributed by atoms with Crippen LogP contribution in [-0.2, 0) is 4.79 Å². The Morgan fingerprint density at radius 3 is 2.68 bits per heavy atom. The van der Waals surface area contributed by atoms with Crippen molar-refractivity contribution >= 4 is 17.7 Å². The molecule has 6 heteroatoms. The highest BCUT2D eigenvalue weighted by atomic mass is 32.2. The number of thioether (sulfide) groups is 1. The molecule has 1 aliphatic carbocycles. The predicted molar refractivity (Wildman–Crippen MR) is 76.2 cm³/mol. The first kappa shape index (κ1) is 14.4. The van der Waals surface area contributed by atoms with E-state index in [-0.39, 0.29) is 11.9 Å². The van der Waals surface area contributed by atoms with Crippen LogP contribution >= 0.6 is 11.8 Å². The third-order valence-corrected chi connectivity index (χ3v) is 4.41. The summed E-state index contributed by atoms with van der Waals surface area (Å²) in [6.45, 7) is 8.21. The van der Waals surface area contributed by atoms with E-state index in [9.17, 15) is 4.79 Å². The molecule has 1 unspecified atom stereocenters. The Kier molecular flexibility index (Phi) is 4.50. The van der Waals surface area contributed by atoms with Crippen LogP contribution in [0.25, 0.3) is 0 Å². The van der Waals surface area contributed by atoms with Crippen molar-refractivity contribution in [2.24, 2.45) is 5.92 Å². The molecule has 1 amide bonds. The van der Waals surface area contributed by atoms with Gasteiger partial charge in [-0.05, 0) is 32.6 Å². The van der Waals surface area contributed by atoms with Gasteiger partial charge in [-0.3, -0.25) is 4.79 Å². The van der Waals surface area contributed by atoms with Gasteiger partial charge in [0.05, 0.1) is 5.75 Å². The molecule has 5 nitrogen and oxygen atoms in total. The number of aryl methyl sites for hydroxylation is 1. The minimum absolute atomic E-state index is 0.0641. The van der Waals surface area contributed by atoms with Gasteiger partial charge in [0.2, 0.25) is 5.91 Å². The average Bonchev–Trinajstić information content (AvgIpc) is 3.11. The molecule has 0 saturated heterocycles. The summed E-state index contributed by atoms with van der Waals surface area (Å²) in [6, 6.07) is 0.756. The molecule has 0 bridgehead atoms. The van der Waals surface area contributed by atoms with Gasteiger partial charge in [0.15, 0.2) is 5.16 Å². The monoisotopic (exact) mass is 282 g/mol. The van der Waals surface area contributed by atoms with Crippen LogP contribution in [0.1, 0.15) is 45.5 Å². The van der Waals surface area contributed by atoms with Crippen LogP contribution in [0.15, 0.2) is 5.16 Å². The van der Waals surface area contributed by atoms with Gasteiger partial charge in [-0.2, -0.15) is 0 Å². The van der Waals surface area contributed by atoms with Crippen LogP contribution in [0.4, 0.5) is 0 Å². The molecule has 1 N–H and O–H groups in total. The van der Waals surface area contributed by atoms with Crippen LogP contribution in [0.3, 0.4) is 0 Å². The minimum atomic E-state index is 0.0641. The molecule has 0 aromatic carbocycles. The van der Waals surface area contributed by atoms with E-state index in [1.54, 1.807) is 0 Å². The topological polar surface area (TPSA) is 59.8 Å². The standard InChI is InChI=1S/C13H22N4OS/c1-8(2)9(3)14-12(18)7-19-13-16-15-10(4)17(13)11-5-6-11/h8-9,11H,5-7H2,1-4H3,(H,14,18). The Morgan fingerprint density at radius 1 is 1.42 bits per heavy atom. The maximum atomic E-state index is 11.8. The molecule has 1 aromatic heterocycles. The number of nitrogens with zero attached hydrogens (tertiary/aromatic N) is 3. The Labute approximate surface area is 118 Å². The van der Waals surface area contributed by atoms with Crippen molar-refractivity contribution in [3.05, 3.63) is 5.82 Å². The first-order chi connectivity index (χ1) is 8.99. The average molecular weight is 282 g/mol. The predicted octanol–water partition coefficient (Wildman–Crippen LogP) is 2.17. The van der Waals surface area contributed by atoms with Crippen molar-refractivity contribution in [1.29, 1.82) is 0 Å². The van der Waals surface area contributed by atoms with Gasteiger partial charge < -0.3 is 9.88 Å². The zero-order chi connectivity index (χ0) is 14.0. The molecule has 0 spiro atoms. The quantitative estimate of drug-likeness (QED) is 0.812. The van der Waals surface area contributed by atoms with E-state index in [1.807, 2.05) is 13.8 Å². The van der Waals surface area contributed by atoms with E-state index in [1.165, 1.54) is 24.6 Å². The molecule has 1 fully saturated rings. The Balaban J connectivity index is 1.87. The zero-order valence-electron chi connectivity index (χ0n) is 12.0. The fourth-order valence-electron chi connectivity index (χ4n) is 1.79. The van der Waals surface area contributed by atoms with E-state index in [0.29, 0.717) is 17.7 Å². The second kappa shape index (κ2) is 5.94. The van der Waals surface area contributed by atoms with E-state index in [0.717, 1.165) is 11.0 Å². The summed E-state index contributed by atoms with van der Waals surface area (Å²) >= 11 is 1.48. The Morgan fingerprint density at radius 2 is 2.11 bits per heavy atom. The van der Waals surface area contributed by atoms with Crippen LogP contribution in [-0.4, -0.2) is 32.5 Å². The summed E-state index contributed by atoms with van der Waals surface area (Å²) in [5, 5.41) is 12.1. The highest BCUT2D eigenvalue weighted by molar-refractivity contribution is 7.99. The van der Waals surface area contributed by atoms with Crippen molar-refractivity contribution in [3.8, 4) is 0 Å². The van der Waals surface area contributed by atoms with Gasteiger partial charge in [-0.1, -0.05) is 25.6 Å². The summed E-state index contributed by atoms with van der Waals surface area (Å²) in [5.74, 6) is 1.86. The van der Waals surface area contributed by atoms with Gasteiger partial charge in [0, 0.05) is 12.1 Å². The maximum absolute atomic E-state index is 11.8. The number of rotatable bonds is 6. The lowest BCUT2D eigenvalue weighted by Crippen LogP contribution is -2.37. The van der Waals surface area contributed by atoms with E-state index in [2.05, 4.69) is 33.9 Å². The Bertz CT molecular complexity index is 453. The number of aromatic nitrogens is 3. The molecule has 1 aliphatic rings. The molecule has 1 heterocycles. The number of hydrogen-bond donors (Lipinski definition) is 1. The van der Waals surface area contributed by atoms with Crippen molar-refractivity contribution in [3.63, 3.8) is 0 Å². The first-order valence-electron chi connectivity index (χ1n) is 6.82. The number of nitrogens with one attached hydrogen (secondary N) is 1. The van der Waals surface area contributed by atoms with Crippen LogP contribution in [0, 0.1) is 12.8 Å². The van der Waals surface area contributed by atoms with E-state index < -0.39 is 0 Å². The van der Waals surface area contributed by atoms with E-state index >= 15 is 0 Å². The molecule has 0 radical (unpaired) electrons.